The predicted molar refractivity (Wildman–Crippen MR) is 118 cm³/mol. The highest BCUT2D eigenvalue weighted by Gasteiger charge is 2.14. The van der Waals surface area contributed by atoms with Gasteiger partial charge in [0.25, 0.3) is 0 Å². The van der Waals surface area contributed by atoms with Gasteiger partial charge in [0.05, 0.1) is 5.71 Å². The molecule has 156 valence electrons. The van der Waals surface area contributed by atoms with Crippen molar-refractivity contribution >= 4 is 23.2 Å². The Morgan fingerprint density at radius 2 is 1.87 bits per heavy atom. The molecule has 0 atom stereocenters. The summed E-state index contributed by atoms with van der Waals surface area (Å²) in [5.74, 6) is 1.04. The molecule has 0 saturated heterocycles. The molecule has 1 aromatic carbocycles. The minimum absolute atomic E-state index is 0.295. The van der Waals surface area contributed by atoms with Gasteiger partial charge in [0, 0.05) is 41.6 Å². The first-order chi connectivity index (χ1) is 15.0. The monoisotopic (exact) mass is 416 g/mol. The number of hydrazone groups is 1. The maximum absolute atomic E-state index is 13.7. The topological polar surface area (TPSA) is 92.9 Å². The molecule has 0 fully saturated rings. The lowest BCUT2D eigenvalue weighted by Gasteiger charge is -2.14. The number of nitrogens with zero attached hydrogens (tertiary/aromatic N) is 6. The highest BCUT2D eigenvalue weighted by atomic mass is 19.1. The van der Waals surface area contributed by atoms with Crippen molar-refractivity contribution in [3.63, 3.8) is 0 Å². The molecule has 0 aliphatic rings. The second-order valence-electron chi connectivity index (χ2n) is 6.92. The van der Waals surface area contributed by atoms with Gasteiger partial charge in [-0.25, -0.2) is 9.07 Å². The number of hydrogen-bond donors (Lipinski definition) is 2. The van der Waals surface area contributed by atoms with Gasteiger partial charge in [-0.3, -0.25) is 10.4 Å². The Morgan fingerprint density at radius 3 is 2.61 bits per heavy atom. The summed E-state index contributed by atoms with van der Waals surface area (Å²) < 4.78 is 15.4. The van der Waals surface area contributed by atoms with Gasteiger partial charge in [0.1, 0.15) is 5.82 Å². The van der Waals surface area contributed by atoms with E-state index in [2.05, 4.69) is 35.9 Å². The van der Waals surface area contributed by atoms with Crippen molar-refractivity contribution < 1.29 is 4.39 Å². The summed E-state index contributed by atoms with van der Waals surface area (Å²) in [4.78, 5) is 13.2. The normalized spacial score (nSPS) is 11.4. The summed E-state index contributed by atoms with van der Waals surface area (Å²) in [5.41, 5.74) is 6.95. The van der Waals surface area contributed by atoms with E-state index >= 15 is 0 Å². The van der Waals surface area contributed by atoms with Crippen molar-refractivity contribution in [1.82, 2.24) is 24.7 Å². The minimum atomic E-state index is -0.344. The molecule has 31 heavy (non-hydrogen) atoms. The molecule has 3 aromatic heterocycles. The van der Waals surface area contributed by atoms with Gasteiger partial charge in [0.15, 0.2) is 11.6 Å². The fourth-order valence-electron chi connectivity index (χ4n) is 2.93. The highest BCUT2D eigenvalue weighted by Crippen LogP contribution is 2.25. The Balaban J connectivity index is 1.72. The molecule has 2 N–H and O–H groups in total. The standard InChI is InChI=1S/C22H21FN8/c1-14-5-6-18(23)13-19(14)26-22-27-20(15(2)21(28-22)31-12-4-9-25-31)30-29-16(3)17-7-10-24-11-8-17/h4-13H,1-3H3,(H2,26,27,28,30). The Hall–Kier alpha value is -4.14. The van der Waals surface area contributed by atoms with Crippen LogP contribution in [-0.2, 0) is 0 Å². The van der Waals surface area contributed by atoms with Gasteiger partial charge in [-0.05, 0) is 56.7 Å². The van der Waals surface area contributed by atoms with Crippen molar-refractivity contribution in [1.29, 1.82) is 0 Å². The average molecular weight is 416 g/mol. The van der Waals surface area contributed by atoms with Gasteiger partial charge in [-0.2, -0.15) is 20.2 Å². The molecule has 0 unspecified atom stereocenters. The fourth-order valence-corrected chi connectivity index (χ4v) is 2.93. The maximum Gasteiger partial charge on any atom is 0.231 e. The van der Waals surface area contributed by atoms with Crippen LogP contribution in [0.3, 0.4) is 0 Å². The van der Waals surface area contributed by atoms with Crippen LogP contribution in [0.4, 0.5) is 21.8 Å². The molecule has 0 aliphatic heterocycles. The number of anilines is 3. The zero-order valence-corrected chi connectivity index (χ0v) is 17.3. The van der Waals surface area contributed by atoms with Crippen molar-refractivity contribution in [2.24, 2.45) is 5.10 Å². The number of nitrogens with one attached hydrogen (secondary N) is 2. The van der Waals surface area contributed by atoms with E-state index in [9.17, 15) is 4.39 Å². The molecule has 4 rings (SSSR count). The zero-order valence-electron chi connectivity index (χ0n) is 17.3. The van der Waals surface area contributed by atoms with E-state index in [1.165, 1.54) is 12.1 Å². The van der Waals surface area contributed by atoms with Gasteiger partial charge < -0.3 is 5.32 Å². The van der Waals surface area contributed by atoms with Crippen LogP contribution in [-0.4, -0.2) is 30.4 Å². The largest absolute Gasteiger partial charge is 0.324 e. The molecule has 0 aliphatic carbocycles. The van der Waals surface area contributed by atoms with Crippen LogP contribution < -0.4 is 10.7 Å². The smallest absolute Gasteiger partial charge is 0.231 e. The second-order valence-corrected chi connectivity index (χ2v) is 6.92. The van der Waals surface area contributed by atoms with E-state index in [4.69, 9.17) is 0 Å². The summed E-state index contributed by atoms with van der Waals surface area (Å²) in [5, 5.41) is 11.8. The molecule has 8 nitrogen and oxygen atoms in total. The lowest BCUT2D eigenvalue weighted by molar-refractivity contribution is 0.628. The summed E-state index contributed by atoms with van der Waals surface area (Å²) in [6.45, 7) is 5.66. The van der Waals surface area contributed by atoms with Crippen molar-refractivity contribution in [2.45, 2.75) is 20.8 Å². The van der Waals surface area contributed by atoms with E-state index in [-0.39, 0.29) is 5.82 Å². The second kappa shape index (κ2) is 8.70. The Labute approximate surface area is 178 Å². The summed E-state index contributed by atoms with van der Waals surface area (Å²) in [6.07, 6.45) is 6.89. The number of aryl methyl sites for hydroxylation is 1. The Morgan fingerprint density at radius 1 is 1.06 bits per heavy atom. The molecular weight excluding hydrogens is 395 g/mol. The van der Waals surface area contributed by atoms with Gasteiger partial charge in [0.2, 0.25) is 5.95 Å². The lowest BCUT2D eigenvalue weighted by atomic mass is 10.2. The first-order valence-electron chi connectivity index (χ1n) is 9.64. The molecule has 9 heteroatoms. The Bertz CT molecular complexity index is 1220. The number of hydrogen-bond acceptors (Lipinski definition) is 7. The van der Waals surface area contributed by atoms with Crippen LogP contribution >= 0.6 is 0 Å². The summed E-state index contributed by atoms with van der Waals surface area (Å²) in [6, 6.07) is 10.1. The van der Waals surface area contributed by atoms with E-state index in [1.807, 2.05) is 39.0 Å². The van der Waals surface area contributed by atoms with Gasteiger partial charge >= 0.3 is 0 Å². The number of halogens is 1. The SMILES string of the molecule is CC(=NNc1nc(Nc2cc(F)ccc2C)nc(-n2cccn2)c1C)c1ccncc1. The molecule has 0 spiro atoms. The van der Waals surface area contributed by atoms with E-state index < -0.39 is 0 Å². The van der Waals surface area contributed by atoms with Crippen LogP contribution in [0.2, 0.25) is 0 Å². The van der Waals surface area contributed by atoms with Crippen molar-refractivity contribution in [2.75, 3.05) is 10.7 Å². The van der Waals surface area contributed by atoms with Crippen molar-refractivity contribution in [3.8, 4) is 5.82 Å². The van der Waals surface area contributed by atoms with Gasteiger partial charge in [-0.15, -0.1) is 0 Å². The minimum Gasteiger partial charge on any atom is -0.324 e. The maximum atomic E-state index is 13.7. The molecule has 3 heterocycles. The fraction of sp³-hybridized carbons (Fsp3) is 0.136. The van der Waals surface area contributed by atoms with Crippen LogP contribution in [0.25, 0.3) is 5.82 Å². The predicted octanol–water partition coefficient (Wildman–Crippen LogP) is 4.39. The zero-order chi connectivity index (χ0) is 21.8. The first-order valence-corrected chi connectivity index (χ1v) is 9.64. The molecule has 4 aromatic rings. The average Bonchev–Trinajstić information content (AvgIpc) is 3.31. The van der Waals surface area contributed by atoms with Gasteiger partial charge in [-0.1, -0.05) is 6.07 Å². The first kappa shape index (κ1) is 20.1. The van der Waals surface area contributed by atoms with E-state index in [1.54, 1.807) is 35.5 Å². The number of benzene rings is 1. The Kier molecular flexibility index (Phi) is 5.65. The quantitative estimate of drug-likeness (QED) is 0.358. The summed E-state index contributed by atoms with van der Waals surface area (Å²) >= 11 is 0. The molecule has 0 amide bonds. The third-order valence-corrected chi connectivity index (χ3v) is 4.72. The van der Waals surface area contributed by atoms with Crippen LogP contribution in [0.1, 0.15) is 23.6 Å². The molecule has 0 saturated carbocycles. The van der Waals surface area contributed by atoms with E-state index in [0.29, 0.717) is 23.3 Å². The highest BCUT2D eigenvalue weighted by molar-refractivity contribution is 5.98. The van der Waals surface area contributed by atoms with Crippen LogP contribution in [0.5, 0.6) is 0 Å². The van der Waals surface area contributed by atoms with Crippen LogP contribution in [0.15, 0.2) is 66.3 Å². The lowest BCUT2D eigenvalue weighted by Crippen LogP contribution is -2.10. The number of pyridine rings is 1. The molecule has 0 bridgehead atoms. The summed E-state index contributed by atoms with van der Waals surface area (Å²) in [7, 11) is 0. The number of aromatic nitrogens is 5. The number of rotatable bonds is 6. The third kappa shape index (κ3) is 4.55. The molecular formula is C22H21FN8. The van der Waals surface area contributed by atoms with Crippen LogP contribution in [0, 0.1) is 19.7 Å². The van der Waals surface area contributed by atoms with Crippen molar-refractivity contribution in [3.05, 3.63) is 83.7 Å². The third-order valence-electron chi connectivity index (χ3n) is 4.72. The molecule has 0 radical (unpaired) electrons. The van der Waals surface area contributed by atoms with E-state index in [0.717, 1.165) is 22.4 Å².